The van der Waals surface area contributed by atoms with E-state index in [9.17, 15) is 4.79 Å². The minimum atomic E-state index is -0.949. The van der Waals surface area contributed by atoms with Crippen molar-refractivity contribution in [2.24, 2.45) is 9.98 Å². The molecular formula is C14H13N4O2+. The monoisotopic (exact) mass is 269 g/mol. The van der Waals surface area contributed by atoms with Gasteiger partial charge in [-0.3, -0.25) is 0 Å². The first-order valence-corrected chi connectivity index (χ1v) is 6.09. The van der Waals surface area contributed by atoms with Crippen LogP contribution in [0.1, 0.15) is 10.4 Å². The number of nitrogens with zero attached hydrogens (tertiary/aromatic N) is 3. The molecule has 0 spiro atoms. The molecule has 0 aliphatic carbocycles. The second kappa shape index (κ2) is 4.43. The van der Waals surface area contributed by atoms with Crippen LogP contribution in [0.15, 0.2) is 59.1 Å². The van der Waals surface area contributed by atoms with Crippen molar-refractivity contribution in [3.8, 4) is 0 Å². The fourth-order valence-corrected chi connectivity index (χ4v) is 2.34. The Kier molecular flexibility index (Phi) is 2.73. The molecule has 0 amide bonds. The molecule has 0 fully saturated rings. The molecule has 6 nitrogen and oxygen atoms in total. The van der Waals surface area contributed by atoms with E-state index in [1.165, 1.54) is 0 Å². The number of carbonyl (C=O) groups is 1. The summed E-state index contributed by atoms with van der Waals surface area (Å²) >= 11 is 0. The van der Waals surface area contributed by atoms with Crippen LogP contribution in [0.2, 0.25) is 0 Å². The van der Waals surface area contributed by atoms with E-state index in [0.29, 0.717) is 5.84 Å². The fraction of sp³-hybridized carbons (Fsp3) is 0.0714. The zero-order valence-corrected chi connectivity index (χ0v) is 10.8. The molecule has 20 heavy (non-hydrogen) atoms. The van der Waals surface area contributed by atoms with Crippen molar-refractivity contribution >= 4 is 23.3 Å². The number of amidine groups is 2. The van der Waals surface area contributed by atoms with Crippen molar-refractivity contribution in [3.05, 3.63) is 54.6 Å². The van der Waals surface area contributed by atoms with Crippen LogP contribution in [0.25, 0.3) is 0 Å². The molecule has 0 aromatic heterocycles. The van der Waals surface area contributed by atoms with Crippen LogP contribution in [0.3, 0.4) is 0 Å². The number of benzene rings is 1. The summed E-state index contributed by atoms with van der Waals surface area (Å²) in [5, 5.41) is 12.1. The number of hydrogen-bond donors (Lipinski definition) is 2. The minimum absolute atomic E-state index is 0.237. The van der Waals surface area contributed by atoms with Gasteiger partial charge >= 0.3 is 5.97 Å². The van der Waals surface area contributed by atoms with Gasteiger partial charge in [-0.25, -0.2) is 9.79 Å². The number of aromatic carboxylic acids is 1. The summed E-state index contributed by atoms with van der Waals surface area (Å²) in [5.74, 6) is 0.436. The van der Waals surface area contributed by atoms with Gasteiger partial charge in [-0.05, 0) is 6.07 Å². The SMILES string of the molecule is CNC1=NC=C[N+]2(c3cccc(C(=O)O)c3)C=CN=C12. The second-order valence-electron chi connectivity index (χ2n) is 4.41. The number of fused-ring (bicyclic) bond motifs is 1. The molecule has 1 atom stereocenters. The van der Waals surface area contributed by atoms with Crippen molar-refractivity contribution in [2.45, 2.75) is 0 Å². The number of aliphatic imine (C=N–C) groups is 2. The van der Waals surface area contributed by atoms with Crippen LogP contribution in [-0.4, -0.2) is 29.8 Å². The first-order valence-electron chi connectivity index (χ1n) is 6.09. The zero-order chi connectivity index (χ0) is 14.2. The number of quaternary nitrogens is 1. The summed E-state index contributed by atoms with van der Waals surface area (Å²) in [5.41, 5.74) is 1.05. The van der Waals surface area contributed by atoms with Crippen molar-refractivity contribution in [1.82, 2.24) is 9.80 Å². The van der Waals surface area contributed by atoms with Crippen LogP contribution < -0.4 is 9.80 Å². The van der Waals surface area contributed by atoms with E-state index in [2.05, 4.69) is 15.3 Å². The second-order valence-corrected chi connectivity index (χ2v) is 4.41. The summed E-state index contributed by atoms with van der Waals surface area (Å²) < 4.78 is 0.237. The van der Waals surface area contributed by atoms with Gasteiger partial charge in [0.25, 0.3) is 5.84 Å². The molecule has 1 aromatic carbocycles. The third kappa shape index (κ3) is 1.66. The molecule has 1 aromatic rings. The van der Waals surface area contributed by atoms with Gasteiger partial charge in [-0.15, -0.1) is 0 Å². The number of carboxylic acid groups (broad SMARTS) is 1. The molecular weight excluding hydrogens is 256 g/mol. The number of likely N-dealkylation sites (N-methyl/N-ethyl adjacent to an activating group) is 1. The summed E-state index contributed by atoms with van der Waals surface area (Å²) in [6.45, 7) is 0. The summed E-state index contributed by atoms with van der Waals surface area (Å²) in [6, 6.07) is 6.83. The maximum atomic E-state index is 11.1. The molecule has 0 radical (unpaired) electrons. The zero-order valence-electron chi connectivity index (χ0n) is 10.8. The molecule has 1 unspecified atom stereocenters. The van der Waals surface area contributed by atoms with E-state index in [1.807, 2.05) is 18.5 Å². The third-order valence-electron chi connectivity index (χ3n) is 3.32. The Hall–Kier alpha value is -2.73. The minimum Gasteiger partial charge on any atom is -0.478 e. The molecule has 100 valence electrons. The largest absolute Gasteiger partial charge is 0.478 e. The number of hydrogen-bond acceptors (Lipinski definition) is 4. The molecule has 2 aliphatic heterocycles. The molecule has 0 saturated heterocycles. The smallest absolute Gasteiger partial charge is 0.335 e. The lowest BCUT2D eigenvalue weighted by Crippen LogP contribution is -2.51. The van der Waals surface area contributed by atoms with Crippen LogP contribution in [0.5, 0.6) is 0 Å². The Morgan fingerprint density at radius 3 is 2.70 bits per heavy atom. The van der Waals surface area contributed by atoms with Crippen molar-refractivity contribution in [3.63, 3.8) is 0 Å². The highest BCUT2D eigenvalue weighted by atomic mass is 16.4. The quantitative estimate of drug-likeness (QED) is 0.802. The normalized spacial score (nSPS) is 23.1. The highest BCUT2D eigenvalue weighted by molar-refractivity contribution is 6.45. The first-order chi connectivity index (χ1) is 9.67. The van der Waals surface area contributed by atoms with Gasteiger partial charge in [0.1, 0.15) is 18.1 Å². The van der Waals surface area contributed by atoms with E-state index in [1.54, 1.807) is 37.6 Å². The van der Waals surface area contributed by atoms with Gasteiger partial charge in [-0.2, -0.15) is 9.48 Å². The lowest BCUT2D eigenvalue weighted by Gasteiger charge is -2.29. The Morgan fingerprint density at radius 1 is 1.25 bits per heavy atom. The highest BCUT2D eigenvalue weighted by Gasteiger charge is 2.41. The van der Waals surface area contributed by atoms with Crippen molar-refractivity contribution in [2.75, 3.05) is 7.05 Å². The van der Waals surface area contributed by atoms with Crippen LogP contribution in [0.4, 0.5) is 5.69 Å². The van der Waals surface area contributed by atoms with Crippen LogP contribution >= 0.6 is 0 Å². The van der Waals surface area contributed by atoms with Gasteiger partial charge in [-0.1, -0.05) is 6.07 Å². The van der Waals surface area contributed by atoms with Crippen LogP contribution in [0, 0.1) is 0 Å². The maximum absolute atomic E-state index is 11.1. The third-order valence-corrected chi connectivity index (χ3v) is 3.32. The number of carboxylic acids is 1. The average Bonchev–Trinajstić information content (AvgIpc) is 2.92. The standard InChI is InChI=1S/C14H12N4O2/c1-15-12-13-17-6-8-18(13,7-5-16-12)11-4-2-3-10(9-11)14(19)20/h2-9H,1H3,(H-,15,16,19,20)/p+1. The molecule has 2 N–H and O–H groups in total. The Morgan fingerprint density at radius 2 is 2.00 bits per heavy atom. The van der Waals surface area contributed by atoms with Crippen molar-refractivity contribution in [1.29, 1.82) is 0 Å². The first kappa shape index (κ1) is 12.3. The predicted molar refractivity (Wildman–Crippen MR) is 77.4 cm³/mol. The topological polar surface area (TPSA) is 74.0 Å². The lowest BCUT2D eigenvalue weighted by atomic mass is 10.1. The van der Waals surface area contributed by atoms with E-state index in [4.69, 9.17) is 5.11 Å². The Balaban J connectivity index is 2.14. The van der Waals surface area contributed by atoms with E-state index in [0.717, 1.165) is 11.5 Å². The van der Waals surface area contributed by atoms with Gasteiger partial charge in [0, 0.05) is 19.2 Å². The molecule has 0 saturated carbocycles. The summed E-state index contributed by atoms with van der Waals surface area (Å²) in [7, 11) is 1.78. The van der Waals surface area contributed by atoms with Gasteiger partial charge in [0.05, 0.1) is 18.0 Å². The van der Waals surface area contributed by atoms with Gasteiger partial charge < -0.3 is 10.4 Å². The van der Waals surface area contributed by atoms with Gasteiger partial charge in [0.15, 0.2) is 0 Å². The highest BCUT2D eigenvalue weighted by Crippen LogP contribution is 2.31. The summed E-state index contributed by atoms with van der Waals surface area (Å²) in [6.07, 6.45) is 7.14. The molecule has 2 aliphatic rings. The number of rotatable bonds is 2. The molecule has 6 heteroatoms. The van der Waals surface area contributed by atoms with E-state index >= 15 is 0 Å². The fourth-order valence-electron chi connectivity index (χ4n) is 2.34. The van der Waals surface area contributed by atoms with Crippen molar-refractivity contribution < 1.29 is 9.90 Å². The van der Waals surface area contributed by atoms with E-state index in [-0.39, 0.29) is 10.0 Å². The molecule has 0 bridgehead atoms. The van der Waals surface area contributed by atoms with Crippen LogP contribution in [-0.2, 0) is 0 Å². The van der Waals surface area contributed by atoms with Gasteiger partial charge in [0.2, 0.25) is 5.84 Å². The Bertz CT molecular complexity index is 703. The number of nitrogens with one attached hydrogen (secondary N) is 1. The predicted octanol–water partition coefficient (Wildman–Crippen LogP) is 1.68. The molecule has 3 rings (SSSR count). The Labute approximate surface area is 115 Å². The maximum Gasteiger partial charge on any atom is 0.335 e. The summed E-state index contributed by atoms with van der Waals surface area (Å²) in [4.78, 5) is 19.7. The lowest BCUT2D eigenvalue weighted by molar-refractivity contribution is 0.0697. The average molecular weight is 269 g/mol. The molecule has 2 heterocycles. The van der Waals surface area contributed by atoms with E-state index < -0.39 is 5.97 Å².